The highest BCUT2D eigenvalue weighted by molar-refractivity contribution is 5.98. The molecule has 0 aliphatic carbocycles. The molecular weight excluding hydrogens is 250 g/mol. The van der Waals surface area contributed by atoms with Gasteiger partial charge in [-0.25, -0.2) is 0 Å². The minimum absolute atomic E-state index is 0.0994. The zero-order valence-corrected chi connectivity index (χ0v) is 11.3. The summed E-state index contributed by atoms with van der Waals surface area (Å²) in [6.07, 6.45) is 0. The Hall–Kier alpha value is -2.62. The molecular formula is C16H17N3O. The Morgan fingerprint density at radius 2 is 1.75 bits per heavy atom. The maximum atomic E-state index is 12.4. The van der Waals surface area contributed by atoms with Crippen molar-refractivity contribution < 1.29 is 0 Å². The summed E-state index contributed by atoms with van der Waals surface area (Å²) in [4.78, 5) is 12.4. The summed E-state index contributed by atoms with van der Waals surface area (Å²) in [5, 5.41) is 6.76. The van der Waals surface area contributed by atoms with Gasteiger partial charge in [0.2, 0.25) is 5.43 Å². The number of anilines is 1. The molecule has 0 aliphatic heterocycles. The number of hydrogen-bond acceptors (Lipinski definition) is 4. The van der Waals surface area contributed by atoms with Crippen LogP contribution >= 0.6 is 0 Å². The first kappa shape index (κ1) is 13.8. The van der Waals surface area contributed by atoms with Crippen LogP contribution in [0.2, 0.25) is 0 Å². The lowest BCUT2D eigenvalue weighted by Crippen LogP contribution is -2.16. The van der Waals surface area contributed by atoms with Crippen molar-refractivity contribution in [2.24, 2.45) is 10.9 Å². The number of hydrazone groups is 1. The van der Waals surface area contributed by atoms with Crippen LogP contribution in [0.15, 0.2) is 64.5 Å². The molecule has 0 fully saturated rings. The predicted octanol–water partition coefficient (Wildman–Crippen LogP) is 2.34. The monoisotopic (exact) mass is 267 g/mol. The van der Waals surface area contributed by atoms with Gasteiger partial charge < -0.3 is 11.2 Å². The van der Waals surface area contributed by atoms with Crippen molar-refractivity contribution in [1.82, 2.24) is 0 Å². The van der Waals surface area contributed by atoms with Crippen molar-refractivity contribution in [2.75, 3.05) is 5.32 Å². The molecule has 0 atom stereocenters. The van der Waals surface area contributed by atoms with E-state index in [-0.39, 0.29) is 5.43 Å². The van der Waals surface area contributed by atoms with Crippen LogP contribution in [0.5, 0.6) is 0 Å². The molecule has 0 amide bonds. The van der Waals surface area contributed by atoms with Gasteiger partial charge in [-0.05, 0) is 24.6 Å². The van der Waals surface area contributed by atoms with Crippen molar-refractivity contribution in [3.8, 4) is 0 Å². The molecule has 0 aromatic heterocycles. The SMILES string of the molecule is C/C(=N\N)c1ccccc(NCc2ccccc2)c1=O. The minimum atomic E-state index is -0.0994. The molecule has 3 N–H and O–H groups in total. The summed E-state index contributed by atoms with van der Waals surface area (Å²) >= 11 is 0. The van der Waals surface area contributed by atoms with Crippen molar-refractivity contribution in [3.05, 3.63) is 75.9 Å². The average molecular weight is 267 g/mol. The van der Waals surface area contributed by atoms with Gasteiger partial charge in [0.15, 0.2) is 0 Å². The van der Waals surface area contributed by atoms with E-state index in [2.05, 4.69) is 10.4 Å². The summed E-state index contributed by atoms with van der Waals surface area (Å²) in [7, 11) is 0. The quantitative estimate of drug-likeness (QED) is 0.507. The first-order valence-corrected chi connectivity index (χ1v) is 6.38. The smallest absolute Gasteiger partial charge is 0.210 e. The lowest BCUT2D eigenvalue weighted by molar-refractivity contribution is 1.14. The molecule has 4 nitrogen and oxygen atoms in total. The van der Waals surface area contributed by atoms with Crippen molar-refractivity contribution >= 4 is 11.4 Å². The topological polar surface area (TPSA) is 67.5 Å². The average Bonchev–Trinajstić information content (AvgIpc) is 2.67. The van der Waals surface area contributed by atoms with Crippen molar-refractivity contribution in [1.29, 1.82) is 0 Å². The third kappa shape index (κ3) is 3.23. The predicted molar refractivity (Wildman–Crippen MR) is 82.9 cm³/mol. The largest absolute Gasteiger partial charge is 0.378 e. The number of nitrogens with two attached hydrogens (primary N) is 1. The number of rotatable bonds is 4. The molecule has 0 saturated carbocycles. The molecule has 2 aromatic rings. The number of nitrogens with zero attached hydrogens (tertiary/aromatic N) is 1. The molecule has 2 aromatic carbocycles. The third-order valence-electron chi connectivity index (χ3n) is 3.04. The van der Waals surface area contributed by atoms with Crippen LogP contribution in [0.3, 0.4) is 0 Å². The van der Waals surface area contributed by atoms with E-state index in [1.165, 1.54) is 0 Å². The van der Waals surface area contributed by atoms with Crippen LogP contribution in [-0.4, -0.2) is 5.71 Å². The Labute approximate surface area is 118 Å². The van der Waals surface area contributed by atoms with Crippen molar-refractivity contribution in [2.45, 2.75) is 13.5 Å². The van der Waals surface area contributed by atoms with E-state index in [0.29, 0.717) is 23.5 Å². The van der Waals surface area contributed by atoms with E-state index in [4.69, 9.17) is 5.84 Å². The molecule has 4 heteroatoms. The second-order valence-corrected chi connectivity index (χ2v) is 4.43. The Morgan fingerprint density at radius 1 is 1.10 bits per heavy atom. The molecule has 20 heavy (non-hydrogen) atoms. The maximum Gasteiger partial charge on any atom is 0.210 e. The Balaban J connectivity index is 2.29. The summed E-state index contributed by atoms with van der Waals surface area (Å²) < 4.78 is 0. The summed E-state index contributed by atoms with van der Waals surface area (Å²) in [6.45, 7) is 2.32. The zero-order valence-electron chi connectivity index (χ0n) is 11.3. The third-order valence-corrected chi connectivity index (χ3v) is 3.04. The second-order valence-electron chi connectivity index (χ2n) is 4.43. The highest BCUT2D eigenvalue weighted by Crippen LogP contribution is 2.06. The van der Waals surface area contributed by atoms with Gasteiger partial charge in [0.25, 0.3) is 0 Å². The van der Waals surface area contributed by atoms with E-state index in [9.17, 15) is 4.79 Å². The molecule has 0 aliphatic rings. The van der Waals surface area contributed by atoms with Gasteiger partial charge in [-0.3, -0.25) is 4.79 Å². The van der Waals surface area contributed by atoms with E-state index >= 15 is 0 Å². The van der Waals surface area contributed by atoms with Crippen molar-refractivity contribution in [3.63, 3.8) is 0 Å². The van der Waals surface area contributed by atoms with E-state index in [1.54, 1.807) is 25.1 Å². The van der Waals surface area contributed by atoms with Crippen LogP contribution < -0.4 is 16.6 Å². The van der Waals surface area contributed by atoms with Gasteiger partial charge in [-0.1, -0.05) is 42.5 Å². The lowest BCUT2D eigenvalue weighted by Gasteiger charge is -2.05. The van der Waals surface area contributed by atoms with Gasteiger partial charge in [0.05, 0.1) is 11.4 Å². The molecule has 0 unspecified atom stereocenters. The number of hydrogen-bond donors (Lipinski definition) is 2. The van der Waals surface area contributed by atoms with Crippen LogP contribution in [0.1, 0.15) is 18.1 Å². The summed E-state index contributed by atoms with van der Waals surface area (Å²) in [5.41, 5.74) is 2.58. The fraction of sp³-hybridized carbons (Fsp3) is 0.125. The summed E-state index contributed by atoms with van der Waals surface area (Å²) in [5.74, 6) is 5.26. The molecule has 0 spiro atoms. The van der Waals surface area contributed by atoms with Gasteiger partial charge in [-0.2, -0.15) is 5.10 Å². The first-order chi connectivity index (χ1) is 9.72. The van der Waals surface area contributed by atoms with Crippen LogP contribution in [-0.2, 0) is 6.54 Å². The molecule has 2 rings (SSSR count). The second kappa shape index (κ2) is 6.52. The van der Waals surface area contributed by atoms with E-state index < -0.39 is 0 Å². The highest BCUT2D eigenvalue weighted by Gasteiger charge is 2.05. The fourth-order valence-corrected chi connectivity index (χ4v) is 1.89. The molecule has 102 valence electrons. The Bertz CT molecular complexity index is 666. The molecule has 0 saturated heterocycles. The maximum absolute atomic E-state index is 12.4. The van der Waals surface area contributed by atoms with Gasteiger partial charge in [-0.15, -0.1) is 0 Å². The van der Waals surface area contributed by atoms with Gasteiger partial charge >= 0.3 is 0 Å². The normalized spacial score (nSPS) is 11.2. The fourth-order valence-electron chi connectivity index (χ4n) is 1.89. The van der Waals surface area contributed by atoms with E-state index in [1.807, 2.05) is 36.4 Å². The molecule has 0 radical (unpaired) electrons. The van der Waals surface area contributed by atoms with Gasteiger partial charge in [0, 0.05) is 12.1 Å². The standard InChI is InChI=1S/C16H17N3O/c1-12(19-17)14-9-5-6-10-15(16(14)20)18-11-13-7-3-2-4-8-13/h2-10H,11,17H2,1H3,(H,18,20)/b19-12+. The lowest BCUT2D eigenvalue weighted by atomic mass is 10.1. The zero-order chi connectivity index (χ0) is 14.4. The highest BCUT2D eigenvalue weighted by atomic mass is 16.1. The van der Waals surface area contributed by atoms with Gasteiger partial charge in [0.1, 0.15) is 0 Å². The van der Waals surface area contributed by atoms with E-state index in [0.717, 1.165) is 5.56 Å². The van der Waals surface area contributed by atoms with Crippen LogP contribution in [0, 0.1) is 0 Å². The molecule has 0 bridgehead atoms. The Morgan fingerprint density at radius 3 is 2.45 bits per heavy atom. The Kier molecular flexibility index (Phi) is 4.50. The number of benzene rings is 1. The first-order valence-electron chi connectivity index (χ1n) is 6.38. The molecule has 0 heterocycles. The summed E-state index contributed by atoms with van der Waals surface area (Å²) in [6, 6.07) is 17.0. The van der Waals surface area contributed by atoms with Crippen LogP contribution in [0.25, 0.3) is 0 Å². The van der Waals surface area contributed by atoms with Crippen LogP contribution in [0.4, 0.5) is 5.69 Å². The number of nitrogens with one attached hydrogen (secondary N) is 1. The minimum Gasteiger partial charge on any atom is -0.378 e.